The number of hydrogen-bond acceptors (Lipinski definition) is 9. The van der Waals surface area contributed by atoms with Gasteiger partial charge in [0.15, 0.2) is 29.6 Å². The zero-order valence-electron chi connectivity index (χ0n) is 23.7. The van der Waals surface area contributed by atoms with Gasteiger partial charge in [-0.25, -0.2) is 14.5 Å². The molecule has 4 aromatic carbocycles. The monoisotopic (exact) mass is 573 g/mol. The zero-order valence-corrected chi connectivity index (χ0v) is 23.7. The van der Waals surface area contributed by atoms with Crippen LogP contribution in [0.4, 0.5) is 0 Å². The van der Waals surface area contributed by atoms with Gasteiger partial charge in [-0.15, -0.1) is 5.10 Å². The molecule has 1 aliphatic rings. The number of ether oxygens (including phenoxy) is 4. The Morgan fingerprint density at radius 1 is 0.907 bits per heavy atom. The summed E-state index contributed by atoms with van der Waals surface area (Å²) in [7, 11) is 4.88. The van der Waals surface area contributed by atoms with Crippen LogP contribution in [0.1, 0.15) is 34.0 Å². The highest BCUT2D eigenvalue weighted by Gasteiger charge is 2.34. The van der Waals surface area contributed by atoms with Crippen LogP contribution >= 0.6 is 0 Å². The van der Waals surface area contributed by atoms with E-state index in [9.17, 15) is 0 Å². The molecule has 43 heavy (non-hydrogen) atoms. The first-order chi connectivity index (χ1) is 21.2. The molecule has 0 bridgehead atoms. The molecule has 1 aliphatic heterocycles. The van der Waals surface area contributed by atoms with Gasteiger partial charge in [0.2, 0.25) is 5.88 Å². The highest BCUT2D eigenvalue weighted by atomic mass is 16.6. The molecule has 0 fully saturated rings. The highest BCUT2D eigenvalue weighted by molar-refractivity contribution is 5.91. The van der Waals surface area contributed by atoms with E-state index < -0.39 is 0 Å². The van der Waals surface area contributed by atoms with Crippen molar-refractivity contribution in [1.82, 2.24) is 19.6 Å². The van der Waals surface area contributed by atoms with Gasteiger partial charge in [-0.2, -0.15) is 0 Å². The predicted molar refractivity (Wildman–Crippen MR) is 161 cm³/mol. The Morgan fingerprint density at radius 2 is 1.74 bits per heavy atom. The number of oxime groups is 1. The van der Waals surface area contributed by atoms with Crippen molar-refractivity contribution in [3.8, 4) is 28.9 Å². The summed E-state index contributed by atoms with van der Waals surface area (Å²) in [4.78, 5) is 15.1. The molecule has 3 heterocycles. The average Bonchev–Trinajstić information content (AvgIpc) is 3.49. The molecule has 0 saturated heterocycles. The Labute approximate surface area is 247 Å². The first kappa shape index (κ1) is 26.3. The van der Waals surface area contributed by atoms with Gasteiger partial charge in [0.25, 0.3) is 0 Å². The van der Waals surface area contributed by atoms with E-state index in [1.165, 1.54) is 0 Å². The van der Waals surface area contributed by atoms with E-state index in [1.807, 2.05) is 54.6 Å². The van der Waals surface area contributed by atoms with Crippen molar-refractivity contribution in [3.05, 3.63) is 113 Å². The van der Waals surface area contributed by atoms with Gasteiger partial charge in [-0.1, -0.05) is 47.6 Å². The van der Waals surface area contributed by atoms with Gasteiger partial charge in [0, 0.05) is 16.9 Å². The van der Waals surface area contributed by atoms with Gasteiger partial charge in [-0.05, 0) is 52.9 Å². The minimum Gasteiger partial charge on any atom is -0.497 e. The smallest absolute Gasteiger partial charge is 0.228 e. The number of rotatable bonds is 8. The Morgan fingerprint density at radius 3 is 2.56 bits per heavy atom. The molecule has 1 unspecified atom stereocenters. The number of benzene rings is 4. The zero-order chi connectivity index (χ0) is 29.3. The fourth-order valence-corrected chi connectivity index (χ4v) is 5.41. The van der Waals surface area contributed by atoms with Gasteiger partial charge >= 0.3 is 0 Å². The van der Waals surface area contributed by atoms with Gasteiger partial charge in [0.05, 0.1) is 33.1 Å². The summed E-state index contributed by atoms with van der Waals surface area (Å²) >= 11 is 0. The van der Waals surface area contributed by atoms with E-state index in [-0.39, 0.29) is 12.5 Å². The van der Waals surface area contributed by atoms with Crippen molar-refractivity contribution in [2.45, 2.75) is 12.5 Å². The summed E-state index contributed by atoms with van der Waals surface area (Å²) in [5.41, 5.74) is 4.24. The van der Waals surface area contributed by atoms with E-state index >= 15 is 0 Å². The Hall–Kier alpha value is -5.64. The second-order valence-electron chi connectivity index (χ2n) is 9.90. The standard InChI is InChI=1S/C33H27N5O5/c1-39-23-12-8-20(9-13-23)17-35-42-18-28-36-32-30-29(22-11-15-26(40-2)27(16-22)41-3)25-14-10-21-6-4-5-7-24(21)31(25)43-33(30)34-19-38(32)37-28/h4-17,19,29H,18H2,1-3H3. The molecular weight excluding hydrogens is 546 g/mol. The number of fused-ring (bicyclic) bond motifs is 6. The van der Waals surface area contributed by atoms with Crippen LogP contribution in [0.3, 0.4) is 0 Å². The predicted octanol–water partition coefficient (Wildman–Crippen LogP) is 6.14. The lowest BCUT2D eigenvalue weighted by molar-refractivity contribution is 0.126. The maximum absolute atomic E-state index is 6.51. The third-order valence-corrected chi connectivity index (χ3v) is 7.47. The molecule has 0 N–H and O–H groups in total. The number of methoxy groups -OCH3 is 3. The summed E-state index contributed by atoms with van der Waals surface area (Å²) in [5, 5.41) is 10.8. The molecule has 2 aromatic heterocycles. The molecule has 1 atom stereocenters. The van der Waals surface area contributed by atoms with Crippen LogP contribution in [-0.2, 0) is 11.4 Å². The molecule has 10 nitrogen and oxygen atoms in total. The number of aromatic nitrogens is 4. The third-order valence-electron chi connectivity index (χ3n) is 7.47. The van der Waals surface area contributed by atoms with Crippen molar-refractivity contribution < 1.29 is 23.8 Å². The third kappa shape index (κ3) is 4.72. The molecule has 0 amide bonds. The average molecular weight is 574 g/mol. The van der Waals surface area contributed by atoms with Crippen LogP contribution in [0.2, 0.25) is 0 Å². The topological polar surface area (TPSA) is 102 Å². The Bertz CT molecular complexity index is 1990. The van der Waals surface area contributed by atoms with Crippen LogP contribution in [0, 0.1) is 0 Å². The fourth-order valence-electron chi connectivity index (χ4n) is 5.41. The van der Waals surface area contributed by atoms with Crippen molar-refractivity contribution in [3.63, 3.8) is 0 Å². The fraction of sp³-hybridized carbons (Fsp3) is 0.152. The van der Waals surface area contributed by atoms with E-state index in [2.05, 4.69) is 39.5 Å². The van der Waals surface area contributed by atoms with Gasteiger partial charge in [-0.3, -0.25) is 0 Å². The molecule has 0 saturated carbocycles. The SMILES string of the molecule is COc1ccc(C=NOCc2nc3c4c(ncn3n2)Oc2c(ccc3ccccc23)C4c2ccc(OC)c(OC)c2)cc1. The minimum atomic E-state index is -0.273. The maximum atomic E-state index is 6.51. The molecular formula is C33H27N5O5. The van der Waals surface area contributed by atoms with E-state index in [4.69, 9.17) is 28.8 Å². The van der Waals surface area contributed by atoms with Crippen molar-refractivity contribution >= 4 is 22.6 Å². The first-order valence-electron chi connectivity index (χ1n) is 13.6. The van der Waals surface area contributed by atoms with E-state index in [0.29, 0.717) is 28.9 Å². The van der Waals surface area contributed by atoms with Crippen LogP contribution in [0.5, 0.6) is 28.9 Å². The Balaban J connectivity index is 1.29. The van der Waals surface area contributed by atoms with Crippen LogP contribution in [0.15, 0.2) is 90.3 Å². The summed E-state index contributed by atoms with van der Waals surface area (Å²) in [6, 6.07) is 25.8. The summed E-state index contributed by atoms with van der Waals surface area (Å²) in [6.07, 6.45) is 3.23. The molecule has 10 heteroatoms. The molecule has 6 aromatic rings. The van der Waals surface area contributed by atoms with Crippen molar-refractivity contribution in [2.24, 2.45) is 5.16 Å². The molecule has 7 rings (SSSR count). The lowest BCUT2D eigenvalue weighted by atomic mass is 9.82. The lowest BCUT2D eigenvalue weighted by Gasteiger charge is -2.29. The first-order valence-corrected chi connectivity index (χ1v) is 13.6. The molecule has 0 aliphatic carbocycles. The summed E-state index contributed by atoms with van der Waals surface area (Å²) in [5.74, 6) is 3.45. The quantitative estimate of drug-likeness (QED) is 0.158. The largest absolute Gasteiger partial charge is 0.497 e. The molecule has 0 radical (unpaired) electrons. The van der Waals surface area contributed by atoms with Crippen molar-refractivity contribution in [1.29, 1.82) is 0 Å². The lowest BCUT2D eigenvalue weighted by Crippen LogP contribution is -2.15. The highest BCUT2D eigenvalue weighted by Crippen LogP contribution is 2.51. The number of nitrogens with zero attached hydrogens (tertiary/aromatic N) is 5. The second kappa shape index (κ2) is 11.0. The van der Waals surface area contributed by atoms with Gasteiger partial charge in [0.1, 0.15) is 17.8 Å². The second-order valence-corrected chi connectivity index (χ2v) is 9.90. The maximum Gasteiger partial charge on any atom is 0.228 e. The molecule has 214 valence electrons. The normalized spacial score (nSPS) is 13.9. The van der Waals surface area contributed by atoms with Crippen LogP contribution in [0.25, 0.3) is 16.4 Å². The number of hydrogen-bond donors (Lipinski definition) is 0. The minimum absolute atomic E-state index is 0.0756. The van der Waals surface area contributed by atoms with Gasteiger partial charge < -0.3 is 23.8 Å². The van der Waals surface area contributed by atoms with Crippen LogP contribution < -0.4 is 18.9 Å². The Kier molecular flexibility index (Phi) is 6.71. The summed E-state index contributed by atoms with van der Waals surface area (Å²) in [6.45, 7) is 0.0756. The molecule has 0 spiro atoms. The van der Waals surface area contributed by atoms with E-state index in [0.717, 1.165) is 44.5 Å². The van der Waals surface area contributed by atoms with Crippen LogP contribution in [-0.4, -0.2) is 47.1 Å². The van der Waals surface area contributed by atoms with Crippen molar-refractivity contribution in [2.75, 3.05) is 21.3 Å². The van der Waals surface area contributed by atoms with E-state index in [1.54, 1.807) is 38.4 Å². The summed E-state index contributed by atoms with van der Waals surface area (Å²) < 4.78 is 24.5.